The maximum atomic E-state index is 8.83. The van der Waals surface area contributed by atoms with Gasteiger partial charge in [-0.05, 0) is 30.7 Å². The molecule has 1 heterocycles. The monoisotopic (exact) mass is 243 g/mol. The summed E-state index contributed by atoms with van der Waals surface area (Å²) < 4.78 is 0. The van der Waals surface area contributed by atoms with E-state index in [-0.39, 0.29) is 0 Å². The number of hydrogen-bond donors (Lipinski definition) is 1. The first-order valence-electron chi connectivity index (χ1n) is 5.41. The molecule has 0 fully saturated rings. The van der Waals surface area contributed by atoms with E-state index in [0.717, 1.165) is 35.5 Å². The molecular weight excluding hydrogens is 230 g/mol. The van der Waals surface area contributed by atoms with Crippen LogP contribution < -0.4 is 5.32 Å². The van der Waals surface area contributed by atoms with Crippen LogP contribution in [0.4, 0.5) is 5.69 Å². The van der Waals surface area contributed by atoms with Gasteiger partial charge in [-0.25, -0.2) is 4.98 Å². The summed E-state index contributed by atoms with van der Waals surface area (Å²) >= 11 is 1.62. The zero-order valence-corrected chi connectivity index (χ0v) is 10.4. The van der Waals surface area contributed by atoms with E-state index in [0.29, 0.717) is 0 Å². The number of benzene rings is 1. The summed E-state index contributed by atoms with van der Waals surface area (Å²) in [4.78, 5) is 4.23. The number of anilines is 1. The third kappa shape index (κ3) is 3.05. The highest BCUT2D eigenvalue weighted by molar-refractivity contribution is 7.07. The zero-order valence-electron chi connectivity index (χ0n) is 9.60. The van der Waals surface area contributed by atoms with Crippen molar-refractivity contribution in [3.8, 4) is 6.07 Å². The molecular formula is C13H13N3S. The van der Waals surface area contributed by atoms with Gasteiger partial charge in [0.1, 0.15) is 0 Å². The lowest BCUT2D eigenvalue weighted by Gasteiger charge is -2.06. The van der Waals surface area contributed by atoms with E-state index in [1.807, 2.05) is 30.6 Å². The lowest BCUT2D eigenvalue weighted by Crippen LogP contribution is -2.05. The molecule has 0 aliphatic carbocycles. The van der Waals surface area contributed by atoms with Crippen LogP contribution in [0.3, 0.4) is 0 Å². The normalized spacial score (nSPS) is 9.88. The highest BCUT2D eigenvalue weighted by Gasteiger charge is 1.99. The second-order valence-corrected chi connectivity index (χ2v) is 4.52. The van der Waals surface area contributed by atoms with Crippen molar-refractivity contribution >= 4 is 17.0 Å². The number of rotatable bonds is 4. The molecule has 0 atom stereocenters. The highest BCUT2D eigenvalue weighted by atomic mass is 32.1. The first kappa shape index (κ1) is 11.6. The second-order valence-electron chi connectivity index (χ2n) is 3.80. The van der Waals surface area contributed by atoms with Gasteiger partial charge in [-0.2, -0.15) is 5.26 Å². The minimum Gasteiger partial charge on any atom is -0.385 e. The molecule has 1 aromatic carbocycles. The fraction of sp³-hybridized carbons (Fsp3) is 0.231. The van der Waals surface area contributed by atoms with Crippen LogP contribution in [0.2, 0.25) is 0 Å². The van der Waals surface area contributed by atoms with Crippen molar-refractivity contribution in [1.29, 1.82) is 5.26 Å². The van der Waals surface area contributed by atoms with Crippen LogP contribution in [0.15, 0.2) is 29.1 Å². The van der Waals surface area contributed by atoms with Gasteiger partial charge in [0.15, 0.2) is 0 Å². The Balaban J connectivity index is 1.91. The average Bonchev–Trinajstić information content (AvgIpc) is 2.82. The molecule has 4 heteroatoms. The molecule has 0 amide bonds. The number of nitrogens with one attached hydrogen (secondary N) is 1. The fourth-order valence-electron chi connectivity index (χ4n) is 1.59. The first-order chi connectivity index (χ1) is 8.29. The molecule has 1 aromatic heterocycles. The van der Waals surface area contributed by atoms with Crippen molar-refractivity contribution in [3.05, 3.63) is 45.9 Å². The predicted octanol–water partition coefficient (Wildman–Crippen LogP) is 2.98. The third-order valence-electron chi connectivity index (χ3n) is 2.54. The molecule has 3 nitrogen and oxygen atoms in total. The Bertz CT molecular complexity index is 526. The number of aromatic nitrogens is 1. The molecule has 0 saturated carbocycles. The number of thiazole rings is 1. The van der Waals surface area contributed by atoms with E-state index < -0.39 is 0 Å². The summed E-state index contributed by atoms with van der Waals surface area (Å²) in [6, 6.07) is 7.95. The fourth-order valence-corrected chi connectivity index (χ4v) is 2.19. The minimum atomic E-state index is 0.732. The maximum Gasteiger partial charge on any atom is 0.0994 e. The zero-order chi connectivity index (χ0) is 12.1. The van der Waals surface area contributed by atoms with Gasteiger partial charge in [0.2, 0.25) is 0 Å². The van der Waals surface area contributed by atoms with Gasteiger partial charge in [0, 0.05) is 24.0 Å². The lowest BCUT2D eigenvalue weighted by atomic mass is 10.1. The average molecular weight is 243 g/mol. The van der Waals surface area contributed by atoms with Gasteiger partial charge >= 0.3 is 0 Å². The topological polar surface area (TPSA) is 48.7 Å². The van der Waals surface area contributed by atoms with Gasteiger partial charge in [0.25, 0.3) is 0 Å². The quantitative estimate of drug-likeness (QED) is 0.898. The summed E-state index contributed by atoms with van der Waals surface area (Å²) in [6.07, 6.45) is 0.919. The Morgan fingerprint density at radius 2 is 2.35 bits per heavy atom. The van der Waals surface area contributed by atoms with Crippen molar-refractivity contribution in [3.63, 3.8) is 0 Å². The molecule has 17 heavy (non-hydrogen) atoms. The Labute approximate surface area is 105 Å². The first-order valence-corrected chi connectivity index (χ1v) is 6.35. The standard InChI is InChI=1S/C13H13N3S/c1-10-6-12(3-2-11(10)7-14)15-5-4-13-8-17-9-16-13/h2-3,6,8-9,15H,4-5H2,1H3. The smallest absolute Gasteiger partial charge is 0.0994 e. The Hall–Kier alpha value is -1.86. The molecule has 0 radical (unpaired) electrons. The number of aryl methyl sites for hydroxylation is 1. The van der Waals surface area contributed by atoms with Gasteiger partial charge in [0.05, 0.1) is 22.8 Å². The van der Waals surface area contributed by atoms with Crippen molar-refractivity contribution in [2.24, 2.45) is 0 Å². The molecule has 0 aliphatic heterocycles. The molecule has 0 unspecified atom stereocenters. The maximum absolute atomic E-state index is 8.83. The summed E-state index contributed by atoms with van der Waals surface area (Å²) in [7, 11) is 0. The van der Waals surface area contributed by atoms with Crippen LogP contribution in [-0.4, -0.2) is 11.5 Å². The molecule has 1 N–H and O–H groups in total. The molecule has 0 bridgehead atoms. The van der Waals surface area contributed by atoms with E-state index in [1.54, 1.807) is 11.3 Å². The van der Waals surface area contributed by atoms with E-state index in [2.05, 4.69) is 21.8 Å². The summed E-state index contributed by atoms with van der Waals surface area (Å²) in [5, 5.41) is 14.2. The van der Waals surface area contributed by atoms with Crippen LogP contribution >= 0.6 is 11.3 Å². The number of hydrogen-bond acceptors (Lipinski definition) is 4. The second kappa shape index (κ2) is 5.46. The minimum absolute atomic E-state index is 0.732. The van der Waals surface area contributed by atoms with E-state index in [1.165, 1.54) is 0 Å². The SMILES string of the molecule is Cc1cc(NCCc2cscn2)ccc1C#N. The Kier molecular flexibility index (Phi) is 3.73. The van der Waals surface area contributed by atoms with Gasteiger partial charge in [-0.15, -0.1) is 11.3 Å². The largest absolute Gasteiger partial charge is 0.385 e. The molecule has 2 rings (SSSR count). The molecule has 2 aromatic rings. The van der Waals surface area contributed by atoms with Crippen LogP contribution in [0, 0.1) is 18.3 Å². The van der Waals surface area contributed by atoms with Crippen LogP contribution in [-0.2, 0) is 6.42 Å². The molecule has 0 saturated heterocycles. The van der Waals surface area contributed by atoms with Crippen LogP contribution in [0.25, 0.3) is 0 Å². The van der Waals surface area contributed by atoms with Crippen molar-refractivity contribution < 1.29 is 0 Å². The van der Waals surface area contributed by atoms with Crippen LogP contribution in [0.5, 0.6) is 0 Å². The third-order valence-corrected chi connectivity index (χ3v) is 3.18. The predicted molar refractivity (Wildman–Crippen MR) is 70.2 cm³/mol. The lowest BCUT2D eigenvalue weighted by molar-refractivity contribution is 0.977. The highest BCUT2D eigenvalue weighted by Crippen LogP contribution is 2.14. The summed E-state index contributed by atoms with van der Waals surface area (Å²) in [5.74, 6) is 0. The van der Waals surface area contributed by atoms with E-state index in [4.69, 9.17) is 5.26 Å². The Morgan fingerprint density at radius 1 is 1.47 bits per heavy atom. The van der Waals surface area contributed by atoms with E-state index >= 15 is 0 Å². The van der Waals surface area contributed by atoms with Gasteiger partial charge < -0.3 is 5.32 Å². The molecule has 86 valence electrons. The van der Waals surface area contributed by atoms with Crippen LogP contribution in [0.1, 0.15) is 16.8 Å². The van der Waals surface area contributed by atoms with Crippen molar-refractivity contribution in [2.45, 2.75) is 13.3 Å². The van der Waals surface area contributed by atoms with E-state index in [9.17, 15) is 0 Å². The number of nitrogens with zero attached hydrogens (tertiary/aromatic N) is 2. The summed E-state index contributed by atoms with van der Waals surface area (Å²) in [5.41, 5.74) is 5.76. The van der Waals surface area contributed by atoms with Crippen molar-refractivity contribution in [2.75, 3.05) is 11.9 Å². The molecule has 0 spiro atoms. The number of nitriles is 1. The van der Waals surface area contributed by atoms with Crippen molar-refractivity contribution in [1.82, 2.24) is 4.98 Å². The molecule has 0 aliphatic rings. The Morgan fingerprint density at radius 3 is 3.00 bits per heavy atom. The van der Waals surface area contributed by atoms with Gasteiger partial charge in [-0.3, -0.25) is 0 Å². The van der Waals surface area contributed by atoms with Gasteiger partial charge in [-0.1, -0.05) is 0 Å². The summed E-state index contributed by atoms with van der Waals surface area (Å²) in [6.45, 7) is 2.80.